The number of halogens is 2. The molecule has 1 rings (SSSR count). The van der Waals surface area contributed by atoms with Gasteiger partial charge in [0.15, 0.2) is 5.82 Å². The van der Waals surface area contributed by atoms with E-state index in [1.54, 1.807) is 13.8 Å². The molecule has 0 aliphatic carbocycles. The fourth-order valence-corrected chi connectivity index (χ4v) is 2.99. The molecule has 0 saturated carbocycles. The molecule has 120 valence electrons. The number of benzene rings is 1. The van der Waals surface area contributed by atoms with Gasteiger partial charge in [-0.15, -0.1) is 0 Å². The zero-order chi connectivity index (χ0) is 16.0. The molecule has 0 aliphatic rings. The van der Waals surface area contributed by atoms with E-state index in [-0.39, 0.29) is 24.8 Å². The third-order valence-electron chi connectivity index (χ3n) is 2.81. The Bertz CT molecular complexity index is 579. The first-order valence-electron chi connectivity index (χ1n) is 6.56. The van der Waals surface area contributed by atoms with E-state index in [1.807, 2.05) is 0 Å². The molecular formula is C13H20F2N2O3S. The van der Waals surface area contributed by atoms with Gasteiger partial charge in [0.05, 0.1) is 6.10 Å². The van der Waals surface area contributed by atoms with Crippen LogP contribution < -0.4 is 10.0 Å². The van der Waals surface area contributed by atoms with Gasteiger partial charge in [0.2, 0.25) is 10.0 Å². The number of sulfonamides is 1. The first-order valence-corrected chi connectivity index (χ1v) is 8.04. The molecule has 21 heavy (non-hydrogen) atoms. The molecule has 0 amide bonds. The zero-order valence-corrected chi connectivity index (χ0v) is 13.1. The molecule has 0 aliphatic heterocycles. The van der Waals surface area contributed by atoms with Crippen molar-refractivity contribution in [2.75, 3.05) is 20.2 Å². The van der Waals surface area contributed by atoms with Crippen molar-refractivity contribution in [2.24, 2.45) is 0 Å². The smallest absolute Gasteiger partial charge is 0.243 e. The molecule has 0 radical (unpaired) electrons. The summed E-state index contributed by atoms with van der Waals surface area (Å²) in [4.78, 5) is -0.571. The third-order valence-corrected chi connectivity index (χ3v) is 4.25. The van der Waals surface area contributed by atoms with Crippen LogP contribution in [0.15, 0.2) is 17.0 Å². The van der Waals surface area contributed by atoms with E-state index in [4.69, 9.17) is 4.74 Å². The van der Waals surface area contributed by atoms with Crippen molar-refractivity contribution in [2.45, 2.75) is 31.4 Å². The van der Waals surface area contributed by atoms with Crippen LogP contribution in [-0.2, 0) is 21.3 Å². The van der Waals surface area contributed by atoms with Crippen LogP contribution in [0.2, 0.25) is 0 Å². The fraction of sp³-hybridized carbons (Fsp3) is 0.538. The molecule has 1 aromatic rings. The second-order valence-corrected chi connectivity index (χ2v) is 6.22. The molecule has 1 unspecified atom stereocenters. The minimum Gasteiger partial charge on any atom is -0.377 e. The van der Waals surface area contributed by atoms with Crippen molar-refractivity contribution in [3.05, 3.63) is 29.3 Å². The molecule has 1 atom stereocenters. The Morgan fingerprint density at radius 1 is 1.33 bits per heavy atom. The Hall–Kier alpha value is -1.09. The summed E-state index contributed by atoms with van der Waals surface area (Å²) in [5.41, 5.74) is -0.307. The van der Waals surface area contributed by atoms with Crippen LogP contribution in [0.3, 0.4) is 0 Å². The summed E-state index contributed by atoms with van der Waals surface area (Å²) < 4.78 is 59.3. The van der Waals surface area contributed by atoms with Gasteiger partial charge in [-0.1, -0.05) is 0 Å². The van der Waals surface area contributed by atoms with Crippen molar-refractivity contribution < 1.29 is 21.9 Å². The van der Waals surface area contributed by atoms with Gasteiger partial charge in [-0.05, 0) is 33.0 Å². The van der Waals surface area contributed by atoms with Gasteiger partial charge in [0.25, 0.3) is 0 Å². The SMILES string of the molecule is CCOC(C)CNS(=O)(=O)c1ccc(F)c(CNC)c1F. The maximum absolute atomic E-state index is 14.2. The van der Waals surface area contributed by atoms with Gasteiger partial charge in [0.1, 0.15) is 10.7 Å². The number of hydrogen-bond donors (Lipinski definition) is 2. The van der Waals surface area contributed by atoms with Crippen LogP contribution in [0, 0.1) is 11.6 Å². The van der Waals surface area contributed by atoms with Crippen molar-refractivity contribution >= 4 is 10.0 Å². The largest absolute Gasteiger partial charge is 0.377 e. The minimum absolute atomic E-state index is 0.00828. The number of ether oxygens (including phenoxy) is 1. The van der Waals surface area contributed by atoms with Crippen molar-refractivity contribution in [1.29, 1.82) is 0 Å². The summed E-state index contributed by atoms with van der Waals surface area (Å²) in [5, 5.41) is 2.60. The highest BCUT2D eigenvalue weighted by atomic mass is 32.2. The molecule has 0 saturated heterocycles. The first kappa shape index (κ1) is 18.0. The highest BCUT2D eigenvalue weighted by Gasteiger charge is 2.23. The van der Waals surface area contributed by atoms with Crippen molar-refractivity contribution in [3.8, 4) is 0 Å². The van der Waals surface area contributed by atoms with E-state index in [9.17, 15) is 17.2 Å². The van der Waals surface area contributed by atoms with Crippen LogP contribution in [0.4, 0.5) is 8.78 Å². The maximum atomic E-state index is 14.2. The molecule has 0 aromatic heterocycles. The lowest BCUT2D eigenvalue weighted by Crippen LogP contribution is -2.33. The molecule has 2 N–H and O–H groups in total. The van der Waals surface area contributed by atoms with E-state index in [0.717, 1.165) is 12.1 Å². The number of hydrogen-bond acceptors (Lipinski definition) is 4. The molecule has 0 bridgehead atoms. The quantitative estimate of drug-likeness (QED) is 0.759. The summed E-state index contributed by atoms with van der Waals surface area (Å²) in [7, 11) is -2.55. The lowest BCUT2D eigenvalue weighted by Gasteiger charge is -2.14. The van der Waals surface area contributed by atoms with Crippen molar-refractivity contribution in [3.63, 3.8) is 0 Å². The van der Waals surface area contributed by atoms with Crippen LogP contribution in [0.25, 0.3) is 0 Å². The van der Waals surface area contributed by atoms with Gasteiger partial charge < -0.3 is 10.1 Å². The highest BCUT2D eigenvalue weighted by molar-refractivity contribution is 7.89. The lowest BCUT2D eigenvalue weighted by atomic mass is 10.2. The topological polar surface area (TPSA) is 67.4 Å². The average molecular weight is 322 g/mol. The summed E-state index contributed by atoms with van der Waals surface area (Å²) >= 11 is 0. The predicted octanol–water partition coefficient (Wildman–Crippen LogP) is 1.39. The average Bonchev–Trinajstić information content (AvgIpc) is 2.41. The zero-order valence-electron chi connectivity index (χ0n) is 12.2. The Labute approximate surface area is 123 Å². The molecular weight excluding hydrogens is 302 g/mol. The molecule has 0 heterocycles. The second-order valence-electron chi connectivity index (χ2n) is 4.49. The first-order chi connectivity index (χ1) is 9.83. The Morgan fingerprint density at radius 2 is 2.00 bits per heavy atom. The monoisotopic (exact) mass is 322 g/mol. The van der Waals surface area contributed by atoms with Crippen LogP contribution in [0.5, 0.6) is 0 Å². The molecule has 0 fully saturated rings. The van der Waals surface area contributed by atoms with E-state index in [0.29, 0.717) is 6.61 Å². The summed E-state index contributed by atoms with van der Waals surface area (Å²) in [6, 6.07) is 1.85. The number of rotatable bonds is 8. The predicted molar refractivity (Wildman–Crippen MR) is 75.4 cm³/mol. The van der Waals surface area contributed by atoms with E-state index in [1.165, 1.54) is 7.05 Å². The second kappa shape index (κ2) is 7.79. The normalized spacial score (nSPS) is 13.4. The number of nitrogens with one attached hydrogen (secondary N) is 2. The van der Waals surface area contributed by atoms with Crippen LogP contribution in [-0.4, -0.2) is 34.7 Å². The summed E-state index contributed by atoms with van der Waals surface area (Å²) in [6.07, 6.45) is -0.343. The Morgan fingerprint density at radius 3 is 2.57 bits per heavy atom. The standard InChI is InChI=1S/C13H20F2N2O3S/c1-4-20-9(2)7-17-21(18,19)12-6-5-11(14)10(8-16-3)13(12)15/h5-6,9,16-17H,4,7-8H2,1-3H3. The highest BCUT2D eigenvalue weighted by Crippen LogP contribution is 2.21. The summed E-state index contributed by atoms with van der Waals surface area (Å²) in [6.45, 7) is 3.83. The third kappa shape index (κ3) is 4.70. The van der Waals surface area contributed by atoms with E-state index in [2.05, 4.69) is 10.0 Å². The molecule has 1 aromatic carbocycles. The fourth-order valence-electron chi connectivity index (χ4n) is 1.77. The van der Waals surface area contributed by atoms with Crippen LogP contribution >= 0.6 is 0 Å². The Kier molecular flexibility index (Phi) is 6.66. The van der Waals surface area contributed by atoms with Gasteiger partial charge in [-0.25, -0.2) is 21.9 Å². The Balaban J connectivity index is 3.01. The molecule has 5 nitrogen and oxygen atoms in total. The maximum Gasteiger partial charge on any atom is 0.243 e. The molecule has 0 spiro atoms. The lowest BCUT2D eigenvalue weighted by molar-refractivity contribution is 0.0799. The van der Waals surface area contributed by atoms with Crippen LogP contribution in [0.1, 0.15) is 19.4 Å². The van der Waals surface area contributed by atoms with E-state index >= 15 is 0 Å². The van der Waals surface area contributed by atoms with E-state index < -0.39 is 26.6 Å². The van der Waals surface area contributed by atoms with Gasteiger partial charge in [-0.3, -0.25) is 0 Å². The van der Waals surface area contributed by atoms with Gasteiger partial charge in [-0.2, -0.15) is 0 Å². The minimum atomic E-state index is -4.06. The summed E-state index contributed by atoms with van der Waals surface area (Å²) in [5.74, 6) is -1.87. The van der Waals surface area contributed by atoms with Gasteiger partial charge >= 0.3 is 0 Å². The van der Waals surface area contributed by atoms with Gasteiger partial charge in [0, 0.05) is 25.3 Å². The van der Waals surface area contributed by atoms with Crippen molar-refractivity contribution in [1.82, 2.24) is 10.0 Å². The molecule has 8 heteroatoms.